The molecular formula is C19H21F2N5OS. The average molecular weight is 405 g/mol. The lowest BCUT2D eigenvalue weighted by Crippen LogP contribution is -2.38. The van der Waals surface area contributed by atoms with Gasteiger partial charge < -0.3 is 9.45 Å². The highest BCUT2D eigenvalue weighted by Crippen LogP contribution is 2.27. The van der Waals surface area contributed by atoms with Gasteiger partial charge in [0.25, 0.3) is 6.43 Å². The van der Waals surface area contributed by atoms with Crippen molar-refractivity contribution >= 4 is 22.6 Å². The van der Waals surface area contributed by atoms with Crippen molar-refractivity contribution in [2.75, 3.05) is 30.0 Å². The summed E-state index contributed by atoms with van der Waals surface area (Å²) in [4.78, 5) is 11.0. The first-order valence-electron chi connectivity index (χ1n) is 9.15. The largest absolute Gasteiger partial charge is 0.617 e. The second-order valence-electron chi connectivity index (χ2n) is 7.07. The first kappa shape index (κ1) is 19.1. The number of piperidine rings is 1. The van der Waals surface area contributed by atoms with Crippen molar-refractivity contribution < 1.29 is 13.3 Å². The Hall–Kier alpha value is -2.26. The zero-order chi connectivity index (χ0) is 19.7. The van der Waals surface area contributed by atoms with Gasteiger partial charge in [0, 0.05) is 30.8 Å². The van der Waals surface area contributed by atoms with E-state index in [1.165, 1.54) is 10.6 Å². The van der Waals surface area contributed by atoms with Crippen LogP contribution in [0, 0.1) is 5.92 Å². The Morgan fingerprint density at radius 2 is 2.14 bits per heavy atom. The lowest BCUT2D eigenvalue weighted by Gasteiger charge is -2.33. The van der Waals surface area contributed by atoms with Crippen LogP contribution in [0.1, 0.15) is 25.0 Å². The Kier molecular flexibility index (Phi) is 5.45. The Morgan fingerprint density at radius 1 is 1.29 bits per heavy atom. The van der Waals surface area contributed by atoms with Gasteiger partial charge in [-0.3, -0.25) is 0 Å². The highest BCUT2D eigenvalue weighted by atomic mass is 32.2. The molecule has 1 fully saturated rings. The molecule has 9 heteroatoms. The summed E-state index contributed by atoms with van der Waals surface area (Å²) in [6, 6.07) is 6.60. The van der Waals surface area contributed by atoms with Crippen LogP contribution in [0.2, 0.25) is 0 Å². The van der Waals surface area contributed by atoms with E-state index in [9.17, 15) is 13.3 Å². The number of hydrogen-bond acceptors (Lipinski definition) is 5. The zero-order valence-corrected chi connectivity index (χ0v) is 16.3. The molecule has 0 N–H and O–H groups in total. The fraction of sp³-hybridized carbons (Fsp3) is 0.421. The number of nitrogens with zero attached hydrogens (tertiary/aromatic N) is 5. The van der Waals surface area contributed by atoms with Gasteiger partial charge in [0.2, 0.25) is 0 Å². The van der Waals surface area contributed by atoms with Crippen LogP contribution < -0.4 is 4.90 Å². The van der Waals surface area contributed by atoms with Crippen LogP contribution in [-0.2, 0) is 11.2 Å². The van der Waals surface area contributed by atoms with Crippen molar-refractivity contribution in [2.24, 2.45) is 5.92 Å². The molecule has 3 aromatic rings. The molecule has 4 rings (SSSR count). The van der Waals surface area contributed by atoms with E-state index < -0.39 is 17.6 Å². The maximum absolute atomic E-state index is 13.0. The topological polar surface area (TPSA) is 69.4 Å². The van der Waals surface area contributed by atoms with Gasteiger partial charge >= 0.3 is 0 Å². The van der Waals surface area contributed by atoms with Crippen molar-refractivity contribution in [3.05, 3.63) is 42.4 Å². The van der Waals surface area contributed by atoms with E-state index in [4.69, 9.17) is 0 Å². The minimum atomic E-state index is -2.64. The third kappa shape index (κ3) is 3.95. The van der Waals surface area contributed by atoms with Crippen molar-refractivity contribution in [1.82, 2.24) is 19.6 Å². The normalized spacial score (nSPS) is 18.8. The molecule has 0 aromatic carbocycles. The van der Waals surface area contributed by atoms with Crippen LogP contribution in [0.4, 0.5) is 14.6 Å². The number of pyridine rings is 1. The number of alkyl halides is 2. The minimum Gasteiger partial charge on any atom is -0.617 e. The fourth-order valence-corrected chi connectivity index (χ4v) is 4.63. The molecule has 0 amide bonds. The maximum Gasteiger partial charge on any atom is 0.282 e. The molecule has 148 valence electrons. The SMILES string of the molecule is C[S+]([O-])CC1CCCN(c2cc(-c3cnc4ccc(C(F)F)nn34)ccn2)C1. The summed E-state index contributed by atoms with van der Waals surface area (Å²) in [6.07, 6.45) is 4.55. The van der Waals surface area contributed by atoms with Crippen LogP contribution in [0.25, 0.3) is 16.9 Å². The predicted molar refractivity (Wildman–Crippen MR) is 105 cm³/mol. The maximum atomic E-state index is 13.0. The number of fused-ring (bicyclic) bond motifs is 1. The molecule has 2 atom stereocenters. The van der Waals surface area contributed by atoms with Crippen LogP contribution in [0.15, 0.2) is 36.7 Å². The zero-order valence-electron chi connectivity index (χ0n) is 15.5. The lowest BCUT2D eigenvalue weighted by atomic mass is 10.00. The minimum absolute atomic E-state index is 0.285. The Balaban J connectivity index is 1.64. The molecule has 3 aromatic heterocycles. The van der Waals surface area contributed by atoms with Gasteiger partial charge in [0.1, 0.15) is 17.3 Å². The van der Waals surface area contributed by atoms with Gasteiger partial charge in [-0.15, -0.1) is 0 Å². The number of anilines is 1. The number of aromatic nitrogens is 4. The van der Waals surface area contributed by atoms with Crippen molar-refractivity contribution in [3.8, 4) is 11.3 Å². The van der Waals surface area contributed by atoms with Gasteiger partial charge in [-0.05, 0) is 37.1 Å². The van der Waals surface area contributed by atoms with Crippen molar-refractivity contribution in [2.45, 2.75) is 19.3 Å². The van der Waals surface area contributed by atoms with Crippen LogP contribution in [0.5, 0.6) is 0 Å². The lowest BCUT2D eigenvalue weighted by molar-refractivity contribution is 0.144. The van der Waals surface area contributed by atoms with Crippen LogP contribution in [-0.4, -0.2) is 49.2 Å². The van der Waals surface area contributed by atoms with Gasteiger partial charge in [-0.1, -0.05) is 11.2 Å². The Bertz CT molecular complexity index is 964. The van der Waals surface area contributed by atoms with E-state index >= 15 is 0 Å². The molecular weight excluding hydrogens is 384 g/mol. The molecule has 1 aliphatic heterocycles. The molecule has 0 radical (unpaired) electrons. The number of imidazole rings is 1. The second-order valence-corrected chi connectivity index (χ2v) is 8.55. The van der Waals surface area contributed by atoms with E-state index in [0.29, 0.717) is 23.0 Å². The van der Waals surface area contributed by atoms with Gasteiger partial charge in [-0.2, -0.15) is 5.10 Å². The molecule has 0 spiro atoms. The van der Waals surface area contributed by atoms with E-state index in [1.54, 1.807) is 24.7 Å². The molecule has 0 aliphatic carbocycles. The van der Waals surface area contributed by atoms with E-state index in [2.05, 4.69) is 20.0 Å². The monoisotopic (exact) mass is 405 g/mol. The molecule has 4 heterocycles. The Morgan fingerprint density at radius 3 is 2.93 bits per heavy atom. The molecule has 1 aliphatic rings. The summed E-state index contributed by atoms with van der Waals surface area (Å²) >= 11 is -0.813. The first-order valence-corrected chi connectivity index (χ1v) is 10.9. The number of halogens is 2. The van der Waals surface area contributed by atoms with Crippen LogP contribution >= 0.6 is 0 Å². The van der Waals surface area contributed by atoms with E-state index in [1.807, 2.05) is 12.1 Å². The van der Waals surface area contributed by atoms with Crippen LogP contribution in [0.3, 0.4) is 0 Å². The summed E-state index contributed by atoms with van der Waals surface area (Å²) in [5.74, 6) is 1.91. The average Bonchev–Trinajstić information content (AvgIpc) is 3.11. The van der Waals surface area contributed by atoms with Crippen molar-refractivity contribution in [1.29, 1.82) is 0 Å². The third-order valence-corrected chi connectivity index (χ3v) is 5.90. The summed E-state index contributed by atoms with van der Waals surface area (Å²) in [6.45, 7) is 1.71. The molecule has 28 heavy (non-hydrogen) atoms. The molecule has 0 saturated carbocycles. The smallest absolute Gasteiger partial charge is 0.282 e. The number of rotatable bonds is 5. The highest BCUT2D eigenvalue weighted by Gasteiger charge is 2.24. The molecule has 1 saturated heterocycles. The quantitative estimate of drug-likeness (QED) is 0.609. The fourth-order valence-electron chi connectivity index (χ4n) is 3.69. The summed E-state index contributed by atoms with van der Waals surface area (Å²) in [7, 11) is 0. The van der Waals surface area contributed by atoms with E-state index in [-0.39, 0.29) is 5.69 Å². The van der Waals surface area contributed by atoms with Crippen molar-refractivity contribution in [3.63, 3.8) is 0 Å². The van der Waals surface area contributed by atoms with Gasteiger partial charge in [0.15, 0.2) is 5.65 Å². The highest BCUT2D eigenvalue weighted by molar-refractivity contribution is 7.90. The van der Waals surface area contributed by atoms with E-state index in [0.717, 1.165) is 37.3 Å². The molecule has 0 bridgehead atoms. The molecule has 6 nitrogen and oxygen atoms in total. The third-order valence-electron chi connectivity index (χ3n) is 4.96. The summed E-state index contributed by atoms with van der Waals surface area (Å²) < 4.78 is 39.1. The summed E-state index contributed by atoms with van der Waals surface area (Å²) in [5, 5.41) is 4.03. The Labute approximate surface area is 164 Å². The van der Waals surface area contributed by atoms with Gasteiger partial charge in [-0.25, -0.2) is 23.3 Å². The first-order chi connectivity index (χ1) is 13.5. The molecule has 2 unspecified atom stereocenters. The summed E-state index contributed by atoms with van der Waals surface area (Å²) in [5.41, 5.74) is 1.69. The van der Waals surface area contributed by atoms with Gasteiger partial charge in [0.05, 0.1) is 18.1 Å². The standard InChI is InChI=1S/C19H21F2N5OS/c1-28(27)12-13-3-2-8-25(11-13)18-9-14(6-7-22-18)16-10-23-17-5-4-15(19(20)21)24-26(16)17/h4-7,9-10,13,19H,2-3,8,11-12H2,1H3. The second kappa shape index (κ2) is 8.00. The predicted octanol–water partition coefficient (Wildman–Crippen LogP) is 3.32. The number of hydrogen-bond donors (Lipinski definition) is 0.